The molecule has 0 bridgehead atoms. The molecule has 0 amide bonds. The van der Waals surface area contributed by atoms with Crippen molar-refractivity contribution in [1.29, 1.82) is 0 Å². The Morgan fingerprint density at radius 2 is 2.06 bits per heavy atom. The molecule has 92 valence electrons. The van der Waals surface area contributed by atoms with E-state index in [1.165, 1.54) is 5.56 Å². The van der Waals surface area contributed by atoms with E-state index in [0.29, 0.717) is 0 Å². The van der Waals surface area contributed by atoms with Crippen LogP contribution in [0.15, 0.2) is 42.2 Å². The minimum Gasteiger partial charge on any atom is -0.501 e. The maximum Gasteiger partial charge on any atom is 0.0876 e. The minimum atomic E-state index is -0.414. The number of ether oxygens (including phenoxy) is 1. The molecule has 0 spiro atoms. The van der Waals surface area contributed by atoms with Crippen molar-refractivity contribution < 1.29 is 9.84 Å². The number of hydrogen-bond donors (Lipinski definition) is 1. The zero-order valence-corrected chi connectivity index (χ0v) is 10.3. The van der Waals surface area contributed by atoms with Gasteiger partial charge >= 0.3 is 0 Å². The topological polar surface area (TPSA) is 29.5 Å². The Hall–Kier alpha value is -1.28. The van der Waals surface area contributed by atoms with Crippen molar-refractivity contribution in [1.82, 2.24) is 0 Å². The van der Waals surface area contributed by atoms with E-state index in [1.54, 1.807) is 6.26 Å². The molecule has 17 heavy (non-hydrogen) atoms. The summed E-state index contributed by atoms with van der Waals surface area (Å²) < 4.78 is 5.31. The van der Waals surface area contributed by atoms with E-state index in [1.807, 2.05) is 18.2 Å². The van der Waals surface area contributed by atoms with E-state index in [2.05, 4.69) is 19.1 Å². The lowest BCUT2D eigenvalue weighted by atomic mass is 9.86. The Bertz CT molecular complexity index is 370. The van der Waals surface area contributed by atoms with Crippen molar-refractivity contribution >= 4 is 0 Å². The third-order valence-electron chi connectivity index (χ3n) is 3.39. The van der Waals surface area contributed by atoms with Crippen molar-refractivity contribution in [3.63, 3.8) is 0 Å². The molecule has 1 aliphatic heterocycles. The Morgan fingerprint density at radius 1 is 1.29 bits per heavy atom. The van der Waals surface area contributed by atoms with Crippen LogP contribution in [0.2, 0.25) is 0 Å². The fraction of sp³-hybridized carbons (Fsp3) is 0.467. The molecular formula is C15H20O2. The summed E-state index contributed by atoms with van der Waals surface area (Å²) in [4.78, 5) is 0. The van der Waals surface area contributed by atoms with Crippen molar-refractivity contribution in [2.45, 2.75) is 38.2 Å². The molecule has 0 fully saturated rings. The van der Waals surface area contributed by atoms with Gasteiger partial charge in [-0.25, -0.2) is 0 Å². The molecule has 2 atom stereocenters. The van der Waals surface area contributed by atoms with Gasteiger partial charge in [-0.1, -0.05) is 37.3 Å². The standard InChI is InChI=1S/C15H20O2/c1-2-14(12-7-4-3-5-8-12)15(16)13-9-6-10-17-11-13/h3-5,7-8,11,14-16H,2,6,9-10H2,1H3. The number of rotatable bonds is 4. The Morgan fingerprint density at radius 3 is 2.65 bits per heavy atom. The summed E-state index contributed by atoms with van der Waals surface area (Å²) in [6.07, 6.45) is 4.23. The Kier molecular flexibility index (Phi) is 4.21. The molecule has 1 heterocycles. The first-order chi connectivity index (χ1) is 8.33. The van der Waals surface area contributed by atoms with Gasteiger partial charge in [-0.05, 0) is 30.4 Å². The molecule has 2 unspecified atom stereocenters. The summed E-state index contributed by atoms with van der Waals surface area (Å²) in [5, 5.41) is 10.4. The van der Waals surface area contributed by atoms with Gasteiger partial charge in [0.15, 0.2) is 0 Å². The number of aliphatic hydroxyl groups excluding tert-OH is 1. The number of aliphatic hydroxyl groups is 1. The second-order valence-electron chi connectivity index (χ2n) is 4.54. The van der Waals surface area contributed by atoms with Gasteiger partial charge in [0, 0.05) is 5.92 Å². The van der Waals surface area contributed by atoms with Crippen LogP contribution in [0, 0.1) is 0 Å². The first kappa shape index (κ1) is 12.2. The van der Waals surface area contributed by atoms with E-state index >= 15 is 0 Å². The summed E-state index contributed by atoms with van der Waals surface area (Å²) in [6, 6.07) is 10.2. The van der Waals surface area contributed by atoms with Crippen LogP contribution in [0.25, 0.3) is 0 Å². The SMILES string of the molecule is CCC(c1ccccc1)C(O)C1=COCCC1. The predicted octanol–water partition coefficient (Wildman–Crippen LogP) is 3.24. The average molecular weight is 232 g/mol. The fourth-order valence-corrected chi connectivity index (χ4v) is 2.40. The highest BCUT2D eigenvalue weighted by molar-refractivity contribution is 5.25. The van der Waals surface area contributed by atoms with Gasteiger partial charge in [-0.2, -0.15) is 0 Å². The monoisotopic (exact) mass is 232 g/mol. The van der Waals surface area contributed by atoms with Crippen molar-refractivity contribution in [2.75, 3.05) is 6.61 Å². The lowest BCUT2D eigenvalue weighted by Gasteiger charge is -2.26. The second kappa shape index (κ2) is 5.87. The molecule has 2 nitrogen and oxygen atoms in total. The smallest absolute Gasteiger partial charge is 0.0876 e. The molecule has 0 saturated heterocycles. The van der Waals surface area contributed by atoms with E-state index in [9.17, 15) is 5.11 Å². The summed E-state index contributed by atoms with van der Waals surface area (Å²) in [5.41, 5.74) is 2.24. The largest absolute Gasteiger partial charge is 0.501 e. The highest BCUT2D eigenvalue weighted by Gasteiger charge is 2.24. The molecule has 0 aromatic heterocycles. The van der Waals surface area contributed by atoms with Crippen molar-refractivity contribution in [3.8, 4) is 0 Å². The van der Waals surface area contributed by atoms with Gasteiger partial charge < -0.3 is 9.84 Å². The maximum atomic E-state index is 10.4. The first-order valence-electron chi connectivity index (χ1n) is 6.36. The van der Waals surface area contributed by atoms with Gasteiger partial charge in [0.2, 0.25) is 0 Å². The zero-order valence-electron chi connectivity index (χ0n) is 10.3. The molecular weight excluding hydrogens is 212 g/mol. The minimum absolute atomic E-state index is 0.171. The molecule has 0 radical (unpaired) electrons. The average Bonchev–Trinajstić information content (AvgIpc) is 2.42. The van der Waals surface area contributed by atoms with Crippen LogP contribution in [0.4, 0.5) is 0 Å². The predicted molar refractivity (Wildman–Crippen MR) is 68.7 cm³/mol. The molecule has 1 aromatic rings. The van der Waals surface area contributed by atoms with E-state index in [-0.39, 0.29) is 5.92 Å². The highest BCUT2D eigenvalue weighted by atomic mass is 16.5. The van der Waals surface area contributed by atoms with Gasteiger partial charge in [-0.15, -0.1) is 0 Å². The van der Waals surface area contributed by atoms with Gasteiger partial charge in [-0.3, -0.25) is 0 Å². The lowest BCUT2D eigenvalue weighted by Crippen LogP contribution is -2.22. The fourth-order valence-electron chi connectivity index (χ4n) is 2.40. The molecule has 1 aliphatic rings. The van der Waals surface area contributed by atoms with E-state index < -0.39 is 6.10 Å². The lowest BCUT2D eigenvalue weighted by molar-refractivity contribution is 0.145. The van der Waals surface area contributed by atoms with Crippen molar-refractivity contribution in [3.05, 3.63) is 47.7 Å². The van der Waals surface area contributed by atoms with Crippen LogP contribution in [-0.4, -0.2) is 17.8 Å². The van der Waals surface area contributed by atoms with Crippen molar-refractivity contribution in [2.24, 2.45) is 0 Å². The Labute approximate surface area is 103 Å². The quantitative estimate of drug-likeness (QED) is 0.863. The molecule has 1 aromatic carbocycles. The zero-order chi connectivity index (χ0) is 12.1. The Balaban J connectivity index is 2.15. The van der Waals surface area contributed by atoms with Crippen LogP contribution < -0.4 is 0 Å². The van der Waals surface area contributed by atoms with Crippen LogP contribution in [0.1, 0.15) is 37.7 Å². The molecule has 2 rings (SSSR count). The summed E-state index contributed by atoms with van der Waals surface area (Å²) in [5.74, 6) is 0.171. The van der Waals surface area contributed by atoms with Gasteiger partial charge in [0.1, 0.15) is 0 Å². The van der Waals surface area contributed by atoms with Gasteiger partial charge in [0.05, 0.1) is 19.0 Å². The van der Waals surface area contributed by atoms with E-state index in [4.69, 9.17) is 4.74 Å². The number of benzene rings is 1. The molecule has 0 aliphatic carbocycles. The molecule has 1 N–H and O–H groups in total. The van der Waals surface area contributed by atoms with Crippen LogP contribution in [0.3, 0.4) is 0 Å². The summed E-state index contributed by atoms with van der Waals surface area (Å²) >= 11 is 0. The maximum absolute atomic E-state index is 10.4. The van der Waals surface area contributed by atoms with Crippen LogP contribution in [-0.2, 0) is 4.74 Å². The summed E-state index contributed by atoms with van der Waals surface area (Å²) in [6.45, 7) is 2.89. The third-order valence-corrected chi connectivity index (χ3v) is 3.39. The van der Waals surface area contributed by atoms with Crippen LogP contribution in [0.5, 0.6) is 0 Å². The molecule has 2 heteroatoms. The summed E-state index contributed by atoms with van der Waals surface area (Å²) in [7, 11) is 0. The molecule has 0 saturated carbocycles. The second-order valence-corrected chi connectivity index (χ2v) is 4.54. The highest BCUT2D eigenvalue weighted by Crippen LogP contribution is 2.30. The van der Waals surface area contributed by atoms with Gasteiger partial charge in [0.25, 0.3) is 0 Å². The first-order valence-corrected chi connectivity index (χ1v) is 6.36. The van der Waals surface area contributed by atoms with E-state index in [0.717, 1.165) is 31.4 Å². The van der Waals surface area contributed by atoms with Crippen LogP contribution >= 0.6 is 0 Å². The normalized spacial score (nSPS) is 19.1. The third kappa shape index (κ3) is 2.89. The number of hydrogen-bond acceptors (Lipinski definition) is 2.